The Bertz CT molecular complexity index is 584. The first-order valence-corrected chi connectivity index (χ1v) is 5.86. The molecule has 0 aliphatic rings. The van der Waals surface area contributed by atoms with E-state index in [1.54, 1.807) is 12.1 Å². The van der Waals surface area contributed by atoms with Crippen LogP contribution in [0.1, 0.15) is 28.4 Å². The van der Waals surface area contributed by atoms with Crippen LogP contribution in [0.15, 0.2) is 48.5 Å². The quantitative estimate of drug-likeness (QED) is 0.858. The van der Waals surface area contributed by atoms with E-state index in [0.717, 1.165) is 17.7 Å². The summed E-state index contributed by atoms with van der Waals surface area (Å²) in [4.78, 5) is 11.9. The summed E-state index contributed by atoms with van der Waals surface area (Å²) in [7, 11) is 0. The molecule has 2 aromatic rings. The Labute approximate surface area is 109 Å². The van der Waals surface area contributed by atoms with Crippen molar-refractivity contribution in [1.82, 2.24) is 0 Å². The van der Waals surface area contributed by atoms with Crippen LogP contribution in [0.5, 0.6) is 0 Å². The molecular weight excluding hydrogens is 248 g/mol. The first kappa shape index (κ1) is 13.4. The zero-order valence-corrected chi connectivity index (χ0v) is 10.1. The number of benzene rings is 2. The zero-order chi connectivity index (χ0) is 13.8. The summed E-state index contributed by atoms with van der Waals surface area (Å²) in [6.07, 6.45) is -0.0213. The summed E-state index contributed by atoms with van der Waals surface area (Å²) >= 11 is 0. The van der Waals surface area contributed by atoms with E-state index in [1.807, 2.05) is 18.2 Å². The number of ketones is 1. The van der Waals surface area contributed by atoms with Gasteiger partial charge < -0.3 is 5.73 Å². The third-order valence-corrected chi connectivity index (χ3v) is 2.86. The van der Waals surface area contributed by atoms with Crippen LogP contribution in [0, 0.1) is 11.6 Å². The second-order valence-corrected chi connectivity index (χ2v) is 4.27. The smallest absolute Gasteiger partial charge is 0.167 e. The van der Waals surface area contributed by atoms with Crippen LogP contribution >= 0.6 is 0 Å². The van der Waals surface area contributed by atoms with Crippen LogP contribution in [0.4, 0.5) is 8.78 Å². The Kier molecular flexibility index (Phi) is 4.02. The topological polar surface area (TPSA) is 43.1 Å². The van der Waals surface area contributed by atoms with Crippen LogP contribution < -0.4 is 5.73 Å². The van der Waals surface area contributed by atoms with E-state index >= 15 is 0 Å². The molecular formula is C15H13F2NO. The average Bonchev–Trinajstić information content (AvgIpc) is 2.39. The van der Waals surface area contributed by atoms with Gasteiger partial charge in [-0.05, 0) is 17.7 Å². The maximum Gasteiger partial charge on any atom is 0.167 e. The predicted octanol–water partition coefficient (Wildman–Crippen LogP) is 3.24. The lowest BCUT2D eigenvalue weighted by molar-refractivity contribution is 0.0970. The molecule has 0 spiro atoms. The van der Waals surface area contributed by atoms with Gasteiger partial charge in [0.2, 0.25) is 0 Å². The number of nitrogens with two attached hydrogens (primary N) is 1. The minimum atomic E-state index is -0.856. The number of rotatable bonds is 4. The van der Waals surface area contributed by atoms with E-state index in [4.69, 9.17) is 5.73 Å². The van der Waals surface area contributed by atoms with Crippen molar-refractivity contribution in [1.29, 1.82) is 0 Å². The standard InChI is InChI=1S/C15H13F2NO/c16-11-6-7-12(13(17)8-11)15(19)9-14(18)10-4-2-1-3-5-10/h1-8,14H,9,18H2. The van der Waals surface area contributed by atoms with E-state index in [0.29, 0.717) is 6.07 Å². The maximum atomic E-state index is 13.5. The van der Waals surface area contributed by atoms with Gasteiger partial charge in [0, 0.05) is 18.5 Å². The van der Waals surface area contributed by atoms with Gasteiger partial charge in [0.05, 0.1) is 5.56 Å². The summed E-state index contributed by atoms with van der Waals surface area (Å²) in [6, 6.07) is 11.5. The molecule has 0 amide bonds. The van der Waals surface area contributed by atoms with Crippen LogP contribution in [-0.2, 0) is 0 Å². The molecule has 1 atom stereocenters. The third-order valence-electron chi connectivity index (χ3n) is 2.86. The van der Waals surface area contributed by atoms with Crippen molar-refractivity contribution in [3.63, 3.8) is 0 Å². The van der Waals surface area contributed by atoms with Gasteiger partial charge in [-0.3, -0.25) is 4.79 Å². The highest BCUT2D eigenvalue weighted by Gasteiger charge is 2.16. The average molecular weight is 261 g/mol. The van der Waals surface area contributed by atoms with Gasteiger partial charge >= 0.3 is 0 Å². The molecule has 0 radical (unpaired) electrons. The van der Waals surface area contributed by atoms with Crippen LogP contribution in [-0.4, -0.2) is 5.78 Å². The fraction of sp³-hybridized carbons (Fsp3) is 0.133. The molecule has 19 heavy (non-hydrogen) atoms. The van der Waals surface area contributed by atoms with Gasteiger partial charge in [-0.15, -0.1) is 0 Å². The molecule has 2 aromatic carbocycles. The van der Waals surface area contributed by atoms with Gasteiger partial charge in [-0.1, -0.05) is 30.3 Å². The van der Waals surface area contributed by atoms with Crippen molar-refractivity contribution in [3.8, 4) is 0 Å². The Morgan fingerprint density at radius 1 is 1.11 bits per heavy atom. The zero-order valence-electron chi connectivity index (χ0n) is 10.1. The van der Waals surface area contributed by atoms with Crippen molar-refractivity contribution in [2.24, 2.45) is 5.73 Å². The molecule has 2 rings (SSSR count). The largest absolute Gasteiger partial charge is 0.324 e. The minimum Gasteiger partial charge on any atom is -0.324 e. The van der Waals surface area contributed by atoms with E-state index in [9.17, 15) is 13.6 Å². The molecule has 0 aliphatic carbocycles. The number of carbonyl (C=O) groups excluding carboxylic acids is 1. The van der Waals surface area contributed by atoms with Crippen molar-refractivity contribution in [2.45, 2.75) is 12.5 Å². The first-order valence-electron chi connectivity index (χ1n) is 5.86. The molecule has 1 unspecified atom stereocenters. The van der Waals surface area contributed by atoms with Crippen LogP contribution in [0.3, 0.4) is 0 Å². The molecule has 0 heterocycles. The first-order chi connectivity index (χ1) is 9.08. The van der Waals surface area contributed by atoms with E-state index in [2.05, 4.69) is 0 Å². The van der Waals surface area contributed by atoms with Gasteiger partial charge in [0.1, 0.15) is 11.6 Å². The lowest BCUT2D eigenvalue weighted by Crippen LogP contribution is -2.16. The molecule has 0 saturated heterocycles. The SMILES string of the molecule is NC(CC(=O)c1ccc(F)cc1F)c1ccccc1. The third kappa shape index (κ3) is 3.23. The summed E-state index contributed by atoms with van der Waals surface area (Å²) in [5.41, 5.74) is 6.57. The van der Waals surface area contributed by atoms with E-state index < -0.39 is 23.5 Å². The van der Waals surface area contributed by atoms with Gasteiger partial charge in [-0.2, -0.15) is 0 Å². The maximum absolute atomic E-state index is 13.5. The van der Waals surface area contributed by atoms with Gasteiger partial charge in [0.15, 0.2) is 5.78 Å². The fourth-order valence-electron chi connectivity index (χ4n) is 1.84. The number of halogens is 2. The Balaban J connectivity index is 2.13. The van der Waals surface area contributed by atoms with Crippen LogP contribution in [0.2, 0.25) is 0 Å². The highest BCUT2D eigenvalue weighted by Crippen LogP contribution is 2.18. The summed E-state index contributed by atoms with van der Waals surface area (Å²) < 4.78 is 26.2. The number of Topliss-reactive ketones (excluding diaryl/α,β-unsaturated/α-hetero) is 1. The molecule has 0 aliphatic heterocycles. The highest BCUT2D eigenvalue weighted by molar-refractivity contribution is 5.96. The second-order valence-electron chi connectivity index (χ2n) is 4.27. The normalized spacial score (nSPS) is 12.2. The lowest BCUT2D eigenvalue weighted by atomic mass is 9.98. The van der Waals surface area contributed by atoms with Crippen molar-refractivity contribution in [3.05, 3.63) is 71.3 Å². The number of hydrogen-bond acceptors (Lipinski definition) is 2. The molecule has 2 N–H and O–H groups in total. The predicted molar refractivity (Wildman–Crippen MR) is 68.7 cm³/mol. The van der Waals surface area contributed by atoms with Crippen molar-refractivity contribution >= 4 is 5.78 Å². The lowest BCUT2D eigenvalue weighted by Gasteiger charge is -2.11. The van der Waals surface area contributed by atoms with Gasteiger partial charge in [0.25, 0.3) is 0 Å². The monoisotopic (exact) mass is 261 g/mol. The summed E-state index contributed by atoms with van der Waals surface area (Å²) in [5.74, 6) is -2.00. The summed E-state index contributed by atoms with van der Waals surface area (Å²) in [6.45, 7) is 0. The molecule has 0 saturated carbocycles. The van der Waals surface area contributed by atoms with Gasteiger partial charge in [-0.25, -0.2) is 8.78 Å². The van der Waals surface area contributed by atoms with E-state index in [1.165, 1.54) is 0 Å². The second kappa shape index (κ2) is 5.71. The highest BCUT2D eigenvalue weighted by atomic mass is 19.1. The Hall–Kier alpha value is -2.07. The van der Waals surface area contributed by atoms with Crippen LogP contribution in [0.25, 0.3) is 0 Å². The fourth-order valence-corrected chi connectivity index (χ4v) is 1.84. The summed E-state index contributed by atoms with van der Waals surface area (Å²) in [5, 5.41) is 0. The van der Waals surface area contributed by atoms with Crippen molar-refractivity contribution in [2.75, 3.05) is 0 Å². The molecule has 98 valence electrons. The Morgan fingerprint density at radius 3 is 2.42 bits per heavy atom. The molecule has 0 bridgehead atoms. The molecule has 2 nitrogen and oxygen atoms in total. The molecule has 4 heteroatoms. The van der Waals surface area contributed by atoms with E-state index in [-0.39, 0.29) is 12.0 Å². The molecule has 0 fully saturated rings. The number of carbonyl (C=O) groups is 1. The minimum absolute atomic E-state index is 0.0213. The number of hydrogen-bond donors (Lipinski definition) is 1. The Morgan fingerprint density at radius 2 is 1.79 bits per heavy atom. The van der Waals surface area contributed by atoms with Crippen molar-refractivity contribution < 1.29 is 13.6 Å². The molecule has 0 aromatic heterocycles.